The first-order chi connectivity index (χ1) is 8.85. The lowest BCUT2D eigenvalue weighted by Crippen LogP contribution is -2.82. The minimum atomic E-state index is 0.754. The van der Waals surface area contributed by atoms with Crippen LogP contribution in [0.4, 0.5) is 0 Å². The number of piperidine rings is 2. The van der Waals surface area contributed by atoms with Gasteiger partial charge in [-0.2, -0.15) is 0 Å². The van der Waals surface area contributed by atoms with Gasteiger partial charge in [0.2, 0.25) is 0 Å². The van der Waals surface area contributed by atoms with Crippen LogP contribution in [0.15, 0.2) is 0 Å². The number of hydrogen-bond donors (Lipinski definition) is 0. The van der Waals surface area contributed by atoms with E-state index >= 15 is 0 Å². The van der Waals surface area contributed by atoms with E-state index in [9.17, 15) is 0 Å². The van der Waals surface area contributed by atoms with Gasteiger partial charge in [0.15, 0.2) is 0 Å². The molecule has 0 radical (unpaired) electrons. The van der Waals surface area contributed by atoms with Crippen LogP contribution >= 0.6 is 0 Å². The lowest BCUT2D eigenvalue weighted by molar-refractivity contribution is -0.253. The Balaban J connectivity index is 1.37. The lowest BCUT2D eigenvalue weighted by atomic mass is 9.50. The highest BCUT2D eigenvalue weighted by atomic mass is 15.4. The van der Waals surface area contributed by atoms with Crippen LogP contribution in [0.5, 0.6) is 0 Å². The maximum Gasteiger partial charge on any atom is 0.0273 e. The van der Waals surface area contributed by atoms with Gasteiger partial charge >= 0.3 is 0 Å². The fraction of sp³-hybridized carbons (Fsp3) is 1.00. The molecule has 2 aliphatic carbocycles. The van der Waals surface area contributed by atoms with Crippen molar-refractivity contribution in [2.75, 3.05) is 0 Å². The SMILES string of the molecule is C1CC2CC(C1)CC(C13CC4CCCC(C1)N43)C2. The number of rotatable bonds is 1. The molecule has 0 N–H and O–H groups in total. The molecule has 0 amide bonds. The molecule has 0 aromatic rings. The summed E-state index contributed by atoms with van der Waals surface area (Å²) in [5, 5.41) is 0. The first kappa shape index (κ1) is 10.7. The van der Waals surface area contributed by atoms with E-state index in [0.29, 0.717) is 0 Å². The first-order valence-electron chi connectivity index (χ1n) is 8.63. The molecule has 5 fully saturated rings. The van der Waals surface area contributed by atoms with Crippen molar-refractivity contribution in [2.45, 2.75) is 88.3 Å². The quantitative estimate of drug-likeness (QED) is 0.675. The number of hydrogen-bond acceptors (Lipinski definition) is 1. The third-order valence-corrected chi connectivity index (χ3v) is 7.44. The molecule has 4 unspecified atom stereocenters. The van der Waals surface area contributed by atoms with E-state index in [4.69, 9.17) is 0 Å². The molecule has 2 saturated carbocycles. The van der Waals surface area contributed by atoms with E-state index in [2.05, 4.69) is 4.90 Å². The average Bonchev–Trinajstić information content (AvgIpc) is 2.30. The Morgan fingerprint density at radius 2 is 1.33 bits per heavy atom. The van der Waals surface area contributed by atoms with E-state index in [-0.39, 0.29) is 0 Å². The van der Waals surface area contributed by atoms with Crippen molar-refractivity contribution >= 4 is 0 Å². The minimum Gasteiger partial charge on any atom is -0.291 e. The second-order valence-corrected chi connectivity index (χ2v) is 8.22. The van der Waals surface area contributed by atoms with Gasteiger partial charge in [0.05, 0.1) is 0 Å². The van der Waals surface area contributed by atoms with Gasteiger partial charge in [-0.3, -0.25) is 4.90 Å². The lowest BCUT2D eigenvalue weighted by Gasteiger charge is -2.76. The summed E-state index contributed by atoms with van der Waals surface area (Å²) in [6.07, 6.45) is 17.2. The van der Waals surface area contributed by atoms with Crippen molar-refractivity contribution in [3.63, 3.8) is 0 Å². The Bertz CT molecular complexity index is 337. The molecule has 5 rings (SSSR count). The molecule has 1 heteroatoms. The summed E-state index contributed by atoms with van der Waals surface area (Å²) in [6.45, 7) is 0. The van der Waals surface area contributed by atoms with Crippen molar-refractivity contribution in [3.05, 3.63) is 0 Å². The zero-order chi connectivity index (χ0) is 11.7. The van der Waals surface area contributed by atoms with Crippen LogP contribution in [0.25, 0.3) is 0 Å². The maximum absolute atomic E-state index is 3.02. The topological polar surface area (TPSA) is 3.24 Å². The zero-order valence-corrected chi connectivity index (χ0v) is 11.6. The van der Waals surface area contributed by atoms with Gasteiger partial charge in [-0.1, -0.05) is 25.7 Å². The Hall–Kier alpha value is -0.0400. The van der Waals surface area contributed by atoms with Gasteiger partial charge in [-0.05, 0) is 62.7 Å². The zero-order valence-electron chi connectivity index (χ0n) is 11.6. The summed E-state index contributed by atoms with van der Waals surface area (Å²) in [7, 11) is 0. The molecule has 4 atom stereocenters. The predicted molar refractivity (Wildman–Crippen MR) is 73.4 cm³/mol. The van der Waals surface area contributed by atoms with E-state index in [1.165, 1.54) is 19.3 Å². The molecule has 100 valence electrons. The van der Waals surface area contributed by atoms with Crippen LogP contribution in [-0.2, 0) is 0 Å². The Morgan fingerprint density at radius 1 is 0.722 bits per heavy atom. The average molecular weight is 245 g/mol. The van der Waals surface area contributed by atoms with Crippen LogP contribution in [0.3, 0.4) is 0 Å². The number of fused-ring (bicyclic) bond motifs is 2. The normalized spacial score (nSPS) is 58.3. The molecule has 0 aromatic carbocycles. The summed E-state index contributed by atoms with van der Waals surface area (Å²) >= 11 is 0. The van der Waals surface area contributed by atoms with Gasteiger partial charge in [0, 0.05) is 17.6 Å². The molecular formula is C17H27N. The molecule has 2 bridgehead atoms. The largest absolute Gasteiger partial charge is 0.291 e. The van der Waals surface area contributed by atoms with Crippen LogP contribution < -0.4 is 0 Å². The van der Waals surface area contributed by atoms with Gasteiger partial charge in [-0.25, -0.2) is 0 Å². The van der Waals surface area contributed by atoms with Gasteiger partial charge in [-0.15, -0.1) is 0 Å². The van der Waals surface area contributed by atoms with Crippen LogP contribution in [0.1, 0.15) is 70.6 Å². The maximum atomic E-state index is 3.02. The Labute approximate surface area is 111 Å². The summed E-state index contributed by atoms with van der Waals surface area (Å²) in [5.74, 6) is 3.35. The molecule has 0 aromatic heterocycles. The summed E-state index contributed by atoms with van der Waals surface area (Å²) in [4.78, 5) is 3.02. The number of nitrogens with zero attached hydrogens (tertiary/aromatic N) is 1. The molecule has 3 aliphatic heterocycles. The highest BCUT2D eigenvalue weighted by Crippen LogP contribution is 2.63. The second-order valence-electron chi connectivity index (χ2n) is 8.22. The highest BCUT2D eigenvalue weighted by Gasteiger charge is 2.66. The van der Waals surface area contributed by atoms with E-state index in [0.717, 1.165) is 35.4 Å². The highest BCUT2D eigenvalue weighted by molar-refractivity contribution is 5.22. The molecule has 18 heavy (non-hydrogen) atoms. The van der Waals surface area contributed by atoms with Crippen molar-refractivity contribution in [2.24, 2.45) is 17.8 Å². The summed E-state index contributed by atoms with van der Waals surface area (Å²) in [6, 6.07) is 2.05. The van der Waals surface area contributed by atoms with E-state index in [1.54, 1.807) is 51.4 Å². The Kier molecular flexibility index (Phi) is 2.10. The monoisotopic (exact) mass is 245 g/mol. The third-order valence-electron chi connectivity index (χ3n) is 7.44. The standard InChI is InChI=1S/C17H27N/c1-3-12-7-13(4-1)9-14(8-12)17-10-15-5-2-6-16(11-17)18(15)17/h12-16H,1-11H2. The van der Waals surface area contributed by atoms with Crippen LogP contribution in [0.2, 0.25) is 0 Å². The third kappa shape index (κ3) is 1.23. The minimum absolute atomic E-state index is 0.754. The summed E-state index contributed by atoms with van der Waals surface area (Å²) < 4.78 is 0. The van der Waals surface area contributed by atoms with Crippen molar-refractivity contribution < 1.29 is 0 Å². The fourth-order valence-electron chi connectivity index (χ4n) is 6.89. The first-order valence-corrected chi connectivity index (χ1v) is 8.63. The van der Waals surface area contributed by atoms with E-state index < -0.39 is 0 Å². The molecule has 3 heterocycles. The van der Waals surface area contributed by atoms with Gasteiger partial charge < -0.3 is 0 Å². The smallest absolute Gasteiger partial charge is 0.0273 e. The van der Waals surface area contributed by atoms with Gasteiger partial charge in [0.1, 0.15) is 0 Å². The van der Waals surface area contributed by atoms with Crippen molar-refractivity contribution in [3.8, 4) is 0 Å². The molecule has 1 nitrogen and oxygen atoms in total. The van der Waals surface area contributed by atoms with Crippen LogP contribution in [0, 0.1) is 17.8 Å². The van der Waals surface area contributed by atoms with Crippen molar-refractivity contribution in [1.29, 1.82) is 0 Å². The molecular weight excluding hydrogens is 218 g/mol. The Morgan fingerprint density at radius 3 is 2.00 bits per heavy atom. The summed E-state index contributed by atoms with van der Waals surface area (Å²) in [5.41, 5.74) is 0.754. The van der Waals surface area contributed by atoms with Crippen molar-refractivity contribution in [1.82, 2.24) is 4.90 Å². The van der Waals surface area contributed by atoms with Gasteiger partial charge in [0.25, 0.3) is 0 Å². The van der Waals surface area contributed by atoms with E-state index in [1.807, 2.05) is 0 Å². The second kappa shape index (κ2) is 3.53. The molecule has 5 aliphatic rings. The van der Waals surface area contributed by atoms with Crippen LogP contribution in [-0.4, -0.2) is 22.5 Å². The molecule has 3 saturated heterocycles. The fourth-order valence-corrected chi connectivity index (χ4v) is 6.89. The predicted octanol–water partition coefficient (Wildman–Crippen LogP) is 3.97. The molecule has 0 spiro atoms.